The van der Waals surface area contributed by atoms with Crippen molar-refractivity contribution in [2.75, 3.05) is 0 Å². The van der Waals surface area contributed by atoms with Gasteiger partial charge in [-0.25, -0.2) is 0 Å². The van der Waals surface area contributed by atoms with Crippen LogP contribution < -0.4 is 0 Å². The van der Waals surface area contributed by atoms with E-state index >= 15 is 0 Å². The minimum Gasteiger partial charge on any atom is -0.0843 e. The van der Waals surface area contributed by atoms with Crippen molar-refractivity contribution in [3.8, 4) is 0 Å². The lowest BCUT2D eigenvalue weighted by Gasteiger charge is -1.97. The van der Waals surface area contributed by atoms with Crippen LogP contribution in [-0.2, 0) is 0 Å². The second-order valence-electron chi connectivity index (χ2n) is 5.68. The standard InChI is InChI=1S/C24H19Cl/c25-24-18-16-23(17-19-24)15-14-22-12-10-21(11-13-22)9-5-4-8-20-6-2-1-3-7-20/h1-19H/b8-4+,9-5+,15-14+. The maximum absolute atomic E-state index is 5.90. The highest BCUT2D eigenvalue weighted by Gasteiger charge is 1.90. The van der Waals surface area contributed by atoms with E-state index in [2.05, 4.69) is 72.9 Å². The van der Waals surface area contributed by atoms with E-state index in [4.69, 9.17) is 11.6 Å². The first kappa shape index (κ1) is 17.0. The van der Waals surface area contributed by atoms with Gasteiger partial charge < -0.3 is 0 Å². The molecule has 0 unspecified atom stereocenters. The van der Waals surface area contributed by atoms with Crippen molar-refractivity contribution in [2.24, 2.45) is 0 Å². The predicted molar refractivity (Wildman–Crippen MR) is 111 cm³/mol. The van der Waals surface area contributed by atoms with E-state index in [-0.39, 0.29) is 0 Å². The van der Waals surface area contributed by atoms with E-state index in [0.717, 1.165) is 10.6 Å². The van der Waals surface area contributed by atoms with Crippen LogP contribution in [0.1, 0.15) is 22.3 Å². The van der Waals surface area contributed by atoms with Gasteiger partial charge in [0.15, 0.2) is 0 Å². The molecule has 0 saturated heterocycles. The zero-order valence-corrected chi connectivity index (χ0v) is 14.6. The van der Waals surface area contributed by atoms with Crippen molar-refractivity contribution in [1.29, 1.82) is 0 Å². The second-order valence-corrected chi connectivity index (χ2v) is 6.12. The van der Waals surface area contributed by atoms with E-state index in [0.29, 0.717) is 0 Å². The van der Waals surface area contributed by atoms with Gasteiger partial charge >= 0.3 is 0 Å². The zero-order valence-electron chi connectivity index (χ0n) is 13.8. The minimum atomic E-state index is 0.759. The molecule has 3 rings (SSSR count). The molecule has 0 atom stereocenters. The highest BCUT2D eigenvalue weighted by molar-refractivity contribution is 6.30. The Kier molecular flexibility index (Phi) is 6.03. The molecule has 122 valence electrons. The highest BCUT2D eigenvalue weighted by atomic mass is 35.5. The van der Waals surface area contributed by atoms with Gasteiger partial charge in [0.1, 0.15) is 0 Å². The Morgan fingerprint density at radius 2 is 0.840 bits per heavy atom. The number of rotatable bonds is 5. The summed E-state index contributed by atoms with van der Waals surface area (Å²) in [6, 6.07) is 26.6. The Morgan fingerprint density at radius 3 is 1.36 bits per heavy atom. The Balaban J connectivity index is 1.59. The number of benzene rings is 3. The van der Waals surface area contributed by atoms with Crippen LogP contribution in [0.3, 0.4) is 0 Å². The summed E-state index contributed by atoms with van der Waals surface area (Å²) in [6.07, 6.45) is 12.5. The van der Waals surface area contributed by atoms with Crippen LogP contribution in [0.15, 0.2) is 91.0 Å². The zero-order chi connectivity index (χ0) is 17.3. The van der Waals surface area contributed by atoms with Crippen molar-refractivity contribution < 1.29 is 0 Å². The van der Waals surface area contributed by atoms with Crippen LogP contribution in [0.5, 0.6) is 0 Å². The number of hydrogen-bond donors (Lipinski definition) is 0. The van der Waals surface area contributed by atoms with Gasteiger partial charge in [0, 0.05) is 5.02 Å². The highest BCUT2D eigenvalue weighted by Crippen LogP contribution is 2.14. The van der Waals surface area contributed by atoms with Gasteiger partial charge in [0.25, 0.3) is 0 Å². The summed E-state index contributed by atoms with van der Waals surface area (Å²) in [7, 11) is 0. The topological polar surface area (TPSA) is 0 Å². The smallest absolute Gasteiger partial charge is 0.0406 e. The van der Waals surface area contributed by atoms with Crippen LogP contribution in [0.4, 0.5) is 0 Å². The summed E-state index contributed by atoms with van der Waals surface area (Å²) in [5, 5.41) is 0.759. The first-order valence-electron chi connectivity index (χ1n) is 8.23. The molecule has 0 fully saturated rings. The SMILES string of the molecule is Clc1ccc(/C=C/c2ccc(/C=C/C=C/c3ccccc3)cc2)cc1. The summed E-state index contributed by atoms with van der Waals surface area (Å²) in [6.45, 7) is 0. The van der Waals surface area contributed by atoms with E-state index in [9.17, 15) is 0 Å². The summed E-state index contributed by atoms with van der Waals surface area (Å²) >= 11 is 5.90. The van der Waals surface area contributed by atoms with Crippen LogP contribution in [0.2, 0.25) is 5.02 Å². The molecule has 0 nitrogen and oxygen atoms in total. The Morgan fingerprint density at radius 1 is 0.440 bits per heavy atom. The largest absolute Gasteiger partial charge is 0.0843 e. The van der Waals surface area contributed by atoms with Gasteiger partial charge in [-0.2, -0.15) is 0 Å². The van der Waals surface area contributed by atoms with Crippen molar-refractivity contribution in [1.82, 2.24) is 0 Å². The van der Waals surface area contributed by atoms with Crippen LogP contribution in [0.25, 0.3) is 24.3 Å². The summed E-state index contributed by atoms with van der Waals surface area (Å²) in [5.74, 6) is 0. The van der Waals surface area contributed by atoms with E-state index in [1.54, 1.807) is 0 Å². The maximum atomic E-state index is 5.90. The molecule has 0 saturated carbocycles. The van der Waals surface area contributed by atoms with Crippen LogP contribution in [-0.4, -0.2) is 0 Å². The molecule has 0 N–H and O–H groups in total. The molecule has 25 heavy (non-hydrogen) atoms. The van der Waals surface area contributed by atoms with Gasteiger partial charge in [-0.15, -0.1) is 0 Å². The van der Waals surface area contributed by atoms with Crippen molar-refractivity contribution in [3.63, 3.8) is 0 Å². The van der Waals surface area contributed by atoms with Gasteiger partial charge in [0.05, 0.1) is 0 Å². The van der Waals surface area contributed by atoms with Crippen LogP contribution >= 0.6 is 11.6 Å². The van der Waals surface area contributed by atoms with Gasteiger partial charge in [0.2, 0.25) is 0 Å². The summed E-state index contributed by atoms with van der Waals surface area (Å²) in [5.41, 5.74) is 4.70. The monoisotopic (exact) mass is 342 g/mol. The van der Waals surface area contributed by atoms with Crippen LogP contribution in [0, 0.1) is 0 Å². The average molecular weight is 343 g/mol. The van der Waals surface area contributed by atoms with Crippen molar-refractivity contribution in [3.05, 3.63) is 118 Å². The van der Waals surface area contributed by atoms with E-state index in [1.165, 1.54) is 16.7 Å². The molecular formula is C24H19Cl. The van der Waals surface area contributed by atoms with Crippen molar-refractivity contribution in [2.45, 2.75) is 0 Å². The first-order valence-corrected chi connectivity index (χ1v) is 8.61. The number of allylic oxidation sites excluding steroid dienone is 2. The van der Waals surface area contributed by atoms with Gasteiger partial charge in [-0.05, 0) is 34.4 Å². The molecule has 0 aliphatic heterocycles. The molecule has 3 aromatic rings. The third-order valence-electron chi connectivity index (χ3n) is 3.76. The summed E-state index contributed by atoms with van der Waals surface area (Å²) < 4.78 is 0. The molecule has 0 aliphatic carbocycles. The quantitative estimate of drug-likeness (QED) is 0.338. The molecule has 0 bridgehead atoms. The third kappa shape index (κ3) is 5.63. The molecular weight excluding hydrogens is 324 g/mol. The molecule has 0 amide bonds. The third-order valence-corrected chi connectivity index (χ3v) is 4.01. The fraction of sp³-hybridized carbons (Fsp3) is 0. The van der Waals surface area contributed by atoms with E-state index in [1.807, 2.05) is 42.5 Å². The maximum Gasteiger partial charge on any atom is 0.0406 e. The lowest BCUT2D eigenvalue weighted by molar-refractivity contribution is 1.62. The normalized spacial score (nSPS) is 11.7. The first-order chi connectivity index (χ1) is 12.3. The molecule has 3 aromatic carbocycles. The van der Waals surface area contributed by atoms with E-state index < -0.39 is 0 Å². The molecule has 0 aromatic heterocycles. The number of hydrogen-bond acceptors (Lipinski definition) is 0. The summed E-state index contributed by atoms with van der Waals surface area (Å²) in [4.78, 5) is 0. The Labute approximate surface area is 154 Å². The lowest BCUT2D eigenvalue weighted by atomic mass is 10.1. The Bertz CT molecular complexity index is 868. The molecule has 0 heterocycles. The molecule has 0 aliphatic rings. The minimum absolute atomic E-state index is 0.759. The van der Waals surface area contributed by atoms with Gasteiger partial charge in [-0.1, -0.05) is 115 Å². The fourth-order valence-corrected chi connectivity index (χ4v) is 2.51. The lowest BCUT2D eigenvalue weighted by Crippen LogP contribution is -1.75. The molecule has 1 heteroatoms. The van der Waals surface area contributed by atoms with Crippen molar-refractivity contribution >= 4 is 35.9 Å². The Hall–Kier alpha value is -2.83. The molecule has 0 spiro atoms. The number of halogens is 1. The van der Waals surface area contributed by atoms with Gasteiger partial charge in [-0.3, -0.25) is 0 Å². The average Bonchev–Trinajstić information content (AvgIpc) is 2.67. The fourth-order valence-electron chi connectivity index (χ4n) is 2.38. The molecule has 0 radical (unpaired) electrons. The predicted octanol–water partition coefficient (Wildman–Crippen LogP) is 7.24. The second kappa shape index (κ2) is 8.86.